The molecule has 2 N–H and O–H groups in total. The number of hydrogen-bond donors (Lipinski definition) is 2. The standard InChI is InChI=1S/C19H17N5O2/c1-11-7-9-20-16-15(11)21-14(22-16)10-24-17(25)19(23-18(24)26)8-6-12-4-2-3-5-13(12)19/h2-5,7,9H,6,8,10H2,1H3,(H,23,26)(H,20,21,22)/t19-/m0/s1. The third-order valence-electron chi connectivity index (χ3n) is 5.38. The molecule has 2 aliphatic rings. The van der Waals surface area contributed by atoms with Gasteiger partial charge in [-0.05, 0) is 42.5 Å². The Bertz CT molecular complexity index is 1070. The van der Waals surface area contributed by atoms with Gasteiger partial charge in [-0.3, -0.25) is 9.69 Å². The Morgan fingerprint density at radius 1 is 1.23 bits per heavy atom. The minimum absolute atomic E-state index is 0.102. The third kappa shape index (κ3) is 1.94. The molecule has 130 valence electrons. The van der Waals surface area contributed by atoms with Crippen molar-refractivity contribution in [3.63, 3.8) is 0 Å². The first kappa shape index (κ1) is 15.1. The van der Waals surface area contributed by atoms with Gasteiger partial charge in [0.25, 0.3) is 5.91 Å². The van der Waals surface area contributed by atoms with Crippen LogP contribution in [0.4, 0.5) is 4.79 Å². The first-order chi connectivity index (χ1) is 12.6. The van der Waals surface area contributed by atoms with Gasteiger partial charge in [-0.15, -0.1) is 0 Å². The smallest absolute Gasteiger partial charge is 0.325 e. The molecule has 1 aliphatic carbocycles. The minimum Gasteiger partial charge on any atom is -0.339 e. The van der Waals surface area contributed by atoms with E-state index in [0.717, 1.165) is 28.6 Å². The van der Waals surface area contributed by atoms with E-state index in [1.807, 2.05) is 37.3 Å². The average Bonchev–Trinajstić information content (AvgIpc) is 3.28. The first-order valence-corrected chi connectivity index (χ1v) is 8.61. The van der Waals surface area contributed by atoms with Crippen molar-refractivity contribution in [2.24, 2.45) is 0 Å². The molecule has 0 bridgehead atoms. The van der Waals surface area contributed by atoms with Gasteiger partial charge in [-0.2, -0.15) is 0 Å². The number of rotatable bonds is 2. The number of fused-ring (bicyclic) bond motifs is 3. The maximum Gasteiger partial charge on any atom is 0.325 e. The summed E-state index contributed by atoms with van der Waals surface area (Å²) in [5.41, 5.74) is 3.53. The number of nitrogens with zero attached hydrogens (tertiary/aromatic N) is 3. The Labute approximate surface area is 149 Å². The fraction of sp³-hybridized carbons (Fsp3) is 0.263. The zero-order valence-corrected chi connectivity index (χ0v) is 14.2. The molecule has 3 amide bonds. The van der Waals surface area contributed by atoms with Crippen LogP contribution >= 0.6 is 0 Å². The quantitative estimate of drug-likeness (QED) is 0.695. The molecule has 2 aromatic heterocycles. The first-order valence-electron chi connectivity index (χ1n) is 8.61. The number of imidazole rings is 1. The predicted octanol–water partition coefficient (Wildman–Crippen LogP) is 2.16. The summed E-state index contributed by atoms with van der Waals surface area (Å²) in [6.45, 7) is 2.06. The van der Waals surface area contributed by atoms with Crippen LogP contribution in [0, 0.1) is 6.92 Å². The van der Waals surface area contributed by atoms with Crippen LogP contribution in [-0.4, -0.2) is 31.8 Å². The zero-order chi connectivity index (χ0) is 17.9. The minimum atomic E-state index is -0.937. The molecule has 1 aromatic carbocycles. The summed E-state index contributed by atoms with van der Waals surface area (Å²) >= 11 is 0. The fourth-order valence-corrected chi connectivity index (χ4v) is 4.04. The molecule has 1 spiro atoms. The second-order valence-electron chi connectivity index (χ2n) is 6.89. The Morgan fingerprint density at radius 2 is 2.08 bits per heavy atom. The molecule has 3 aromatic rings. The lowest BCUT2D eigenvalue weighted by Crippen LogP contribution is -2.41. The number of imide groups is 1. The second kappa shape index (κ2) is 5.14. The molecule has 0 radical (unpaired) electrons. The van der Waals surface area contributed by atoms with E-state index in [0.29, 0.717) is 17.9 Å². The van der Waals surface area contributed by atoms with E-state index in [4.69, 9.17) is 0 Å². The molecule has 0 unspecified atom stereocenters. The van der Waals surface area contributed by atoms with Crippen molar-refractivity contribution in [2.45, 2.75) is 31.8 Å². The summed E-state index contributed by atoms with van der Waals surface area (Å²) in [7, 11) is 0. The van der Waals surface area contributed by atoms with Crippen molar-refractivity contribution >= 4 is 23.1 Å². The molecule has 1 fully saturated rings. The summed E-state index contributed by atoms with van der Waals surface area (Å²) in [4.78, 5) is 38.8. The largest absolute Gasteiger partial charge is 0.339 e. The molecule has 1 saturated heterocycles. The second-order valence-corrected chi connectivity index (χ2v) is 6.89. The van der Waals surface area contributed by atoms with Crippen LogP contribution in [0.5, 0.6) is 0 Å². The average molecular weight is 347 g/mol. The van der Waals surface area contributed by atoms with Crippen molar-refractivity contribution in [1.82, 2.24) is 25.2 Å². The van der Waals surface area contributed by atoms with Crippen LogP contribution in [0.15, 0.2) is 36.5 Å². The van der Waals surface area contributed by atoms with E-state index < -0.39 is 5.54 Å². The van der Waals surface area contributed by atoms with Crippen LogP contribution in [-0.2, 0) is 23.3 Å². The molecule has 7 nitrogen and oxygen atoms in total. The number of urea groups is 1. The number of hydrogen-bond acceptors (Lipinski definition) is 4. The Balaban J connectivity index is 1.50. The SMILES string of the molecule is Cc1ccnc2nc(CN3C(=O)N[C@]4(CCc5ccccc54)C3=O)[nH]c12. The lowest BCUT2D eigenvalue weighted by Gasteiger charge is -2.22. The van der Waals surface area contributed by atoms with Gasteiger partial charge in [0, 0.05) is 6.20 Å². The van der Waals surface area contributed by atoms with E-state index in [1.165, 1.54) is 4.90 Å². The number of aromatic amines is 1. The van der Waals surface area contributed by atoms with Crippen LogP contribution in [0.25, 0.3) is 11.2 Å². The maximum atomic E-state index is 13.2. The van der Waals surface area contributed by atoms with Gasteiger partial charge in [0.2, 0.25) is 0 Å². The Hall–Kier alpha value is -3.22. The van der Waals surface area contributed by atoms with Gasteiger partial charge in [-0.1, -0.05) is 24.3 Å². The van der Waals surface area contributed by atoms with E-state index in [-0.39, 0.29) is 18.5 Å². The van der Waals surface area contributed by atoms with E-state index >= 15 is 0 Å². The highest BCUT2D eigenvalue weighted by atomic mass is 16.2. The normalized spacial score (nSPS) is 21.7. The van der Waals surface area contributed by atoms with Gasteiger partial charge < -0.3 is 10.3 Å². The van der Waals surface area contributed by atoms with Crippen LogP contribution in [0.3, 0.4) is 0 Å². The lowest BCUT2D eigenvalue weighted by molar-refractivity contribution is -0.132. The highest BCUT2D eigenvalue weighted by Crippen LogP contribution is 2.41. The van der Waals surface area contributed by atoms with Crippen molar-refractivity contribution < 1.29 is 9.59 Å². The highest BCUT2D eigenvalue weighted by Gasteiger charge is 2.55. The van der Waals surface area contributed by atoms with Gasteiger partial charge in [0.15, 0.2) is 5.65 Å². The van der Waals surface area contributed by atoms with Crippen molar-refractivity contribution in [1.29, 1.82) is 0 Å². The van der Waals surface area contributed by atoms with Gasteiger partial charge in [0.05, 0.1) is 12.1 Å². The predicted molar refractivity (Wildman–Crippen MR) is 94.1 cm³/mol. The maximum absolute atomic E-state index is 13.2. The topological polar surface area (TPSA) is 91.0 Å². The number of nitrogens with one attached hydrogen (secondary N) is 2. The van der Waals surface area contributed by atoms with Crippen LogP contribution in [0.1, 0.15) is 28.9 Å². The molecule has 1 atom stereocenters. The fourth-order valence-electron chi connectivity index (χ4n) is 4.04. The monoisotopic (exact) mass is 347 g/mol. The van der Waals surface area contributed by atoms with E-state index in [2.05, 4.69) is 20.3 Å². The number of benzene rings is 1. The summed E-state index contributed by atoms with van der Waals surface area (Å²) in [5, 5.41) is 2.93. The van der Waals surface area contributed by atoms with Crippen molar-refractivity contribution in [2.75, 3.05) is 0 Å². The van der Waals surface area contributed by atoms with Crippen LogP contribution < -0.4 is 5.32 Å². The summed E-state index contributed by atoms with van der Waals surface area (Å²) in [6.07, 6.45) is 3.07. The molecule has 7 heteroatoms. The van der Waals surface area contributed by atoms with Gasteiger partial charge >= 0.3 is 6.03 Å². The molecule has 1 aliphatic heterocycles. The Morgan fingerprint density at radius 3 is 2.92 bits per heavy atom. The number of aryl methyl sites for hydroxylation is 2. The summed E-state index contributed by atoms with van der Waals surface area (Å²) in [6, 6.07) is 9.32. The number of aromatic nitrogens is 3. The van der Waals surface area contributed by atoms with E-state index in [1.54, 1.807) is 6.20 Å². The number of amides is 3. The molecule has 3 heterocycles. The third-order valence-corrected chi connectivity index (χ3v) is 5.38. The van der Waals surface area contributed by atoms with E-state index in [9.17, 15) is 9.59 Å². The number of pyridine rings is 1. The van der Waals surface area contributed by atoms with Gasteiger partial charge in [0.1, 0.15) is 11.4 Å². The van der Waals surface area contributed by atoms with Crippen molar-refractivity contribution in [3.05, 3.63) is 59.0 Å². The molecule has 0 saturated carbocycles. The van der Waals surface area contributed by atoms with Crippen LogP contribution in [0.2, 0.25) is 0 Å². The number of carbonyl (C=O) groups excluding carboxylic acids is 2. The lowest BCUT2D eigenvalue weighted by atomic mass is 9.92. The Kier molecular flexibility index (Phi) is 2.98. The molecular formula is C19H17N5O2. The molecule has 5 rings (SSSR count). The highest BCUT2D eigenvalue weighted by molar-refractivity contribution is 6.08. The number of carbonyl (C=O) groups is 2. The summed E-state index contributed by atoms with van der Waals surface area (Å²) < 4.78 is 0. The zero-order valence-electron chi connectivity index (χ0n) is 14.2. The molecular weight excluding hydrogens is 330 g/mol. The van der Waals surface area contributed by atoms with Gasteiger partial charge in [-0.25, -0.2) is 14.8 Å². The van der Waals surface area contributed by atoms with Crippen molar-refractivity contribution in [3.8, 4) is 0 Å². The summed E-state index contributed by atoms with van der Waals surface area (Å²) in [5.74, 6) is 0.339. The molecule has 26 heavy (non-hydrogen) atoms. The number of H-pyrrole nitrogens is 1.